The molecule has 0 aromatic heterocycles. The maximum Gasteiger partial charge on any atom is 0.0932 e. The Balaban J connectivity index is 2.16. The van der Waals surface area contributed by atoms with E-state index in [0.717, 1.165) is 19.8 Å². The quantitative estimate of drug-likeness (QED) is 0.456. The number of hydrogen-bond donors (Lipinski definition) is 1. The summed E-state index contributed by atoms with van der Waals surface area (Å²) < 4.78 is 5.55. The summed E-state index contributed by atoms with van der Waals surface area (Å²) in [6, 6.07) is 0. The maximum atomic E-state index is 7.75. The topological polar surface area (TPSA) is 36.3 Å². The van der Waals surface area contributed by atoms with Crippen molar-refractivity contribution in [3.05, 3.63) is 0 Å². The molecule has 0 radical (unpaired) electrons. The minimum atomic E-state index is 0.198. The fourth-order valence-corrected chi connectivity index (χ4v) is 2.70. The first-order chi connectivity index (χ1) is 6.25. The Labute approximate surface area is 79.6 Å². The summed E-state index contributed by atoms with van der Waals surface area (Å²) in [5.41, 5.74) is 0.198. The molecule has 0 bridgehead atoms. The van der Waals surface area contributed by atoms with Crippen LogP contribution in [0.15, 0.2) is 0 Å². The lowest BCUT2D eigenvalue weighted by Crippen LogP contribution is -2.56. The molecule has 1 spiro atoms. The summed E-state index contributed by atoms with van der Waals surface area (Å²) in [4.78, 5) is 2.25. The molecular formula is C10H18N2O. The van der Waals surface area contributed by atoms with Crippen LogP contribution in [0.4, 0.5) is 0 Å². The van der Waals surface area contributed by atoms with Crippen LogP contribution in [-0.4, -0.2) is 36.0 Å². The molecule has 0 aromatic rings. The summed E-state index contributed by atoms with van der Waals surface area (Å²) in [6.45, 7) is 4.43. The average molecular weight is 182 g/mol. The first-order valence-corrected chi connectivity index (χ1v) is 5.15. The van der Waals surface area contributed by atoms with E-state index in [-0.39, 0.29) is 5.54 Å². The highest BCUT2D eigenvalue weighted by atomic mass is 16.5. The van der Waals surface area contributed by atoms with Crippen LogP contribution in [-0.2, 0) is 4.74 Å². The van der Waals surface area contributed by atoms with Gasteiger partial charge in [0.15, 0.2) is 0 Å². The van der Waals surface area contributed by atoms with Crippen molar-refractivity contribution in [3.8, 4) is 0 Å². The van der Waals surface area contributed by atoms with Gasteiger partial charge in [0.1, 0.15) is 0 Å². The van der Waals surface area contributed by atoms with Crippen LogP contribution >= 0.6 is 0 Å². The zero-order valence-corrected chi connectivity index (χ0v) is 8.31. The van der Waals surface area contributed by atoms with Gasteiger partial charge in [-0.3, -0.25) is 5.41 Å². The predicted octanol–water partition coefficient (Wildman–Crippen LogP) is 1.63. The monoisotopic (exact) mass is 182 g/mol. The molecule has 2 fully saturated rings. The normalized spacial score (nSPS) is 26.7. The molecule has 1 aliphatic carbocycles. The van der Waals surface area contributed by atoms with Gasteiger partial charge in [0, 0.05) is 6.54 Å². The second kappa shape index (κ2) is 3.29. The predicted molar refractivity (Wildman–Crippen MR) is 52.1 cm³/mol. The van der Waals surface area contributed by atoms with Gasteiger partial charge in [-0.15, -0.1) is 0 Å². The molecule has 74 valence electrons. The third-order valence-corrected chi connectivity index (χ3v) is 3.34. The fraction of sp³-hybridized carbons (Fsp3) is 0.900. The van der Waals surface area contributed by atoms with Crippen molar-refractivity contribution in [2.24, 2.45) is 0 Å². The molecule has 0 unspecified atom stereocenters. The maximum absolute atomic E-state index is 7.75. The number of rotatable bonds is 0. The Morgan fingerprint density at radius 2 is 2.08 bits per heavy atom. The zero-order valence-electron chi connectivity index (χ0n) is 8.31. The number of hydrogen-bond acceptors (Lipinski definition) is 2. The zero-order chi connectivity index (χ0) is 9.31. The van der Waals surface area contributed by atoms with E-state index in [2.05, 4.69) is 4.90 Å². The average Bonchev–Trinajstić information content (AvgIpc) is 2.54. The molecule has 1 saturated carbocycles. The highest BCUT2D eigenvalue weighted by molar-refractivity contribution is 5.77. The molecule has 0 amide bonds. The molecule has 3 nitrogen and oxygen atoms in total. The van der Waals surface area contributed by atoms with Gasteiger partial charge >= 0.3 is 0 Å². The third kappa shape index (κ3) is 1.46. The van der Waals surface area contributed by atoms with Crippen molar-refractivity contribution in [1.82, 2.24) is 4.90 Å². The van der Waals surface area contributed by atoms with Gasteiger partial charge in [-0.1, -0.05) is 12.8 Å². The molecular weight excluding hydrogens is 164 g/mol. The third-order valence-electron chi connectivity index (χ3n) is 3.34. The Kier molecular flexibility index (Phi) is 2.28. The summed E-state index contributed by atoms with van der Waals surface area (Å²) in [7, 11) is 0. The molecule has 0 atom stereocenters. The number of amidine groups is 1. The molecule has 1 N–H and O–H groups in total. The Hall–Kier alpha value is -0.570. The van der Waals surface area contributed by atoms with Crippen LogP contribution in [0.1, 0.15) is 32.6 Å². The number of morpholine rings is 1. The molecule has 3 heteroatoms. The first-order valence-electron chi connectivity index (χ1n) is 5.15. The molecule has 2 aliphatic rings. The van der Waals surface area contributed by atoms with Crippen LogP contribution in [0, 0.1) is 5.41 Å². The molecule has 1 saturated heterocycles. The minimum Gasteiger partial charge on any atom is -0.377 e. The molecule has 2 rings (SSSR count). The number of ether oxygens (including phenoxy) is 1. The molecule has 0 aromatic carbocycles. The summed E-state index contributed by atoms with van der Waals surface area (Å²) >= 11 is 0. The van der Waals surface area contributed by atoms with Crippen LogP contribution in [0.5, 0.6) is 0 Å². The van der Waals surface area contributed by atoms with Gasteiger partial charge in [-0.25, -0.2) is 0 Å². The first kappa shape index (κ1) is 9.00. The minimum absolute atomic E-state index is 0.198. The largest absolute Gasteiger partial charge is 0.377 e. The smallest absolute Gasteiger partial charge is 0.0932 e. The Morgan fingerprint density at radius 3 is 2.69 bits per heavy atom. The van der Waals surface area contributed by atoms with Gasteiger partial charge < -0.3 is 9.64 Å². The summed E-state index contributed by atoms with van der Waals surface area (Å²) in [6.07, 6.45) is 5.02. The van der Waals surface area contributed by atoms with Crippen molar-refractivity contribution in [3.63, 3.8) is 0 Å². The van der Waals surface area contributed by atoms with Crippen LogP contribution < -0.4 is 0 Å². The van der Waals surface area contributed by atoms with E-state index >= 15 is 0 Å². The van der Waals surface area contributed by atoms with Crippen LogP contribution in [0.3, 0.4) is 0 Å². The lowest BCUT2D eigenvalue weighted by molar-refractivity contribution is -0.0307. The molecule has 1 aliphatic heterocycles. The van der Waals surface area contributed by atoms with Gasteiger partial charge in [0.2, 0.25) is 0 Å². The molecule has 1 heterocycles. The van der Waals surface area contributed by atoms with E-state index in [4.69, 9.17) is 10.1 Å². The van der Waals surface area contributed by atoms with Crippen molar-refractivity contribution in [2.45, 2.75) is 38.1 Å². The van der Waals surface area contributed by atoms with Gasteiger partial charge in [-0.2, -0.15) is 0 Å². The lowest BCUT2D eigenvalue weighted by atomic mass is 9.94. The van der Waals surface area contributed by atoms with Gasteiger partial charge in [0.05, 0.1) is 24.6 Å². The SMILES string of the molecule is CC(=N)N1CCOCC12CCCC2. The summed E-state index contributed by atoms with van der Waals surface area (Å²) in [5, 5.41) is 7.75. The second-order valence-corrected chi connectivity index (χ2v) is 4.22. The van der Waals surface area contributed by atoms with Crippen molar-refractivity contribution in [1.29, 1.82) is 5.41 Å². The van der Waals surface area contributed by atoms with Crippen LogP contribution in [0.25, 0.3) is 0 Å². The van der Waals surface area contributed by atoms with E-state index < -0.39 is 0 Å². The van der Waals surface area contributed by atoms with E-state index in [0.29, 0.717) is 5.84 Å². The number of nitrogens with one attached hydrogen (secondary N) is 1. The Morgan fingerprint density at radius 1 is 1.38 bits per heavy atom. The van der Waals surface area contributed by atoms with Gasteiger partial charge in [0.25, 0.3) is 0 Å². The van der Waals surface area contributed by atoms with E-state index in [1.165, 1.54) is 25.7 Å². The molecule has 13 heavy (non-hydrogen) atoms. The highest BCUT2D eigenvalue weighted by Crippen LogP contribution is 2.37. The number of nitrogens with zero attached hydrogens (tertiary/aromatic N) is 1. The van der Waals surface area contributed by atoms with E-state index in [1.54, 1.807) is 0 Å². The fourth-order valence-electron chi connectivity index (χ4n) is 2.70. The van der Waals surface area contributed by atoms with Crippen molar-refractivity contribution in [2.75, 3.05) is 19.8 Å². The van der Waals surface area contributed by atoms with Crippen LogP contribution in [0.2, 0.25) is 0 Å². The van der Waals surface area contributed by atoms with E-state index in [9.17, 15) is 0 Å². The second-order valence-electron chi connectivity index (χ2n) is 4.22. The van der Waals surface area contributed by atoms with Crippen molar-refractivity contribution >= 4 is 5.84 Å². The standard InChI is InChI=1S/C10H18N2O/c1-9(11)12-6-7-13-8-10(12)4-2-3-5-10/h11H,2-8H2,1H3. The van der Waals surface area contributed by atoms with E-state index in [1.807, 2.05) is 6.92 Å². The summed E-state index contributed by atoms with van der Waals surface area (Å²) in [5.74, 6) is 0.713. The van der Waals surface area contributed by atoms with Gasteiger partial charge in [-0.05, 0) is 19.8 Å². The van der Waals surface area contributed by atoms with Crippen molar-refractivity contribution < 1.29 is 4.74 Å². The lowest BCUT2D eigenvalue weighted by Gasteiger charge is -2.45. The highest BCUT2D eigenvalue weighted by Gasteiger charge is 2.42. The Bertz CT molecular complexity index is 209.